The summed E-state index contributed by atoms with van der Waals surface area (Å²) in [5.41, 5.74) is 0.180. The van der Waals surface area contributed by atoms with Gasteiger partial charge in [0.1, 0.15) is 11.6 Å². The Morgan fingerprint density at radius 3 is 2.88 bits per heavy atom. The molecule has 0 radical (unpaired) electrons. The van der Waals surface area contributed by atoms with Gasteiger partial charge in [-0.3, -0.25) is 0 Å². The van der Waals surface area contributed by atoms with E-state index in [9.17, 15) is 13.6 Å². The molecule has 17 heavy (non-hydrogen) atoms. The van der Waals surface area contributed by atoms with E-state index in [1.165, 1.54) is 18.2 Å². The highest BCUT2D eigenvalue weighted by molar-refractivity contribution is 5.81. The molecule has 0 heterocycles. The minimum absolute atomic E-state index is 0.180. The van der Waals surface area contributed by atoms with E-state index >= 15 is 0 Å². The summed E-state index contributed by atoms with van der Waals surface area (Å²) in [6.45, 7) is 2.27. The molecule has 1 rings (SSSR count). The standard InChI is InChI=1S/C12H13F2NO2/c1-2-17-12(16)4-3-7-15-11-6-5-9(13)8-10(11)14/h3-6,8,15H,2,7H2,1H3/b4-3+. The molecule has 5 heteroatoms. The third kappa shape index (κ3) is 4.63. The lowest BCUT2D eigenvalue weighted by Gasteiger charge is -2.04. The number of ether oxygens (including phenoxy) is 1. The maximum Gasteiger partial charge on any atom is 0.330 e. The van der Waals surface area contributed by atoms with Gasteiger partial charge in [0.2, 0.25) is 0 Å². The van der Waals surface area contributed by atoms with Crippen LogP contribution in [-0.2, 0) is 9.53 Å². The summed E-state index contributed by atoms with van der Waals surface area (Å²) >= 11 is 0. The Bertz CT molecular complexity index is 419. The predicted molar refractivity (Wildman–Crippen MR) is 60.6 cm³/mol. The van der Waals surface area contributed by atoms with Crippen molar-refractivity contribution >= 4 is 11.7 Å². The molecule has 3 nitrogen and oxygen atoms in total. The van der Waals surface area contributed by atoms with Crippen LogP contribution in [0, 0.1) is 11.6 Å². The SMILES string of the molecule is CCOC(=O)/C=C/CNc1ccc(F)cc1F. The Kier molecular flexibility index (Phi) is 5.13. The highest BCUT2D eigenvalue weighted by atomic mass is 19.1. The molecule has 0 bridgehead atoms. The van der Waals surface area contributed by atoms with Gasteiger partial charge in [-0.1, -0.05) is 6.08 Å². The Hall–Kier alpha value is -1.91. The van der Waals surface area contributed by atoms with E-state index in [-0.39, 0.29) is 12.2 Å². The van der Waals surface area contributed by atoms with Crippen LogP contribution in [-0.4, -0.2) is 19.1 Å². The van der Waals surface area contributed by atoms with Gasteiger partial charge in [0.25, 0.3) is 0 Å². The first-order valence-electron chi connectivity index (χ1n) is 5.15. The highest BCUT2D eigenvalue weighted by Crippen LogP contribution is 2.14. The summed E-state index contributed by atoms with van der Waals surface area (Å²) in [4.78, 5) is 10.9. The molecular formula is C12H13F2NO2. The van der Waals surface area contributed by atoms with Crippen molar-refractivity contribution in [2.45, 2.75) is 6.92 Å². The third-order valence-corrected chi connectivity index (χ3v) is 1.88. The van der Waals surface area contributed by atoms with Crippen LogP contribution in [0.25, 0.3) is 0 Å². The van der Waals surface area contributed by atoms with Crippen molar-refractivity contribution in [3.05, 3.63) is 42.0 Å². The minimum Gasteiger partial charge on any atom is -0.463 e. The normalized spacial score (nSPS) is 10.5. The zero-order chi connectivity index (χ0) is 12.7. The molecule has 92 valence electrons. The zero-order valence-corrected chi connectivity index (χ0v) is 9.37. The van der Waals surface area contributed by atoms with Crippen LogP contribution in [0.3, 0.4) is 0 Å². The van der Waals surface area contributed by atoms with E-state index in [0.29, 0.717) is 6.61 Å². The quantitative estimate of drug-likeness (QED) is 0.635. The molecular weight excluding hydrogens is 228 g/mol. The van der Waals surface area contributed by atoms with Gasteiger partial charge in [-0.25, -0.2) is 13.6 Å². The lowest BCUT2D eigenvalue weighted by Crippen LogP contribution is -2.03. The summed E-state index contributed by atoms with van der Waals surface area (Å²) in [6, 6.07) is 3.24. The van der Waals surface area contributed by atoms with Crippen LogP contribution in [0.1, 0.15) is 6.92 Å². The van der Waals surface area contributed by atoms with E-state index in [1.54, 1.807) is 6.92 Å². The molecule has 0 unspecified atom stereocenters. The average molecular weight is 241 g/mol. The number of hydrogen-bond donors (Lipinski definition) is 1. The van der Waals surface area contributed by atoms with Crippen molar-refractivity contribution in [3.63, 3.8) is 0 Å². The van der Waals surface area contributed by atoms with Crippen LogP contribution >= 0.6 is 0 Å². The van der Waals surface area contributed by atoms with E-state index < -0.39 is 17.6 Å². The van der Waals surface area contributed by atoms with Gasteiger partial charge < -0.3 is 10.1 Å². The van der Waals surface area contributed by atoms with Gasteiger partial charge in [-0.15, -0.1) is 0 Å². The summed E-state index contributed by atoms with van der Waals surface area (Å²) in [5, 5.41) is 2.70. The van der Waals surface area contributed by atoms with Gasteiger partial charge in [0, 0.05) is 18.7 Å². The molecule has 1 aromatic rings. The fraction of sp³-hybridized carbons (Fsp3) is 0.250. The van der Waals surface area contributed by atoms with Gasteiger partial charge in [-0.2, -0.15) is 0 Å². The first-order valence-corrected chi connectivity index (χ1v) is 5.15. The van der Waals surface area contributed by atoms with E-state index in [2.05, 4.69) is 10.1 Å². The average Bonchev–Trinajstić information content (AvgIpc) is 2.27. The smallest absolute Gasteiger partial charge is 0.330 e. The van der Waals surface area contributed by atoms with Crippen molar-refractivity contribution in [2.75, 3.05) is 18.5 Å². The molecule has 0 atom stereocenters. The monoisotopic (exact) mass is 241 g/mol. The zero-order valence-electron chi connectivity index (χ0n) is 9.37. The first kappa shape index (κ1) is 13.2. The molecule has 0 aromatic heterocycles. The Morgan fingerprint density at radius 2 is 2.24 bits per heavy atom. The molecule has 0 fully saturated rings. The number of nitrogens with one attached hydrogen (secondary N) is 1. The summed E-state index contributed by atoms with van der Waals surface area (Å²) < 4.78 is 30.4. The molecule has 0 saturated carbocycles. The van der Waals surface area contributed by atoms with E-state index in [4.69, 9.17) is 0 Å². The molecule has 1 aromatic carbocycles. The number of carbonyl (C=O) groups excluding carboxylic acids is 1. The predicted octanol–water partition coefficient (Wildman–Crippen LogP) is 2.50. The molecule has 1 N–H and O–H groups in total. The second-order valence-electron chi connectivity index (χ2n) is 3.16. The van der Waals surface area contributed by atoms with Crippen molar-refractivity contribution < 1.29 is 18.3 Å². The number of carbonyl (C=O) groups is 1. The first-order chi connectivity index (χ1) is 8.13. The van der Waals surface area contributed by atoms with Crippen LogP contribution < -0.4 is 5.32 Å². The molecule has 0 amide bonds. The molecule has 0 aliphatic rings. The van der Waals surface area contributed by atoms with Gasteiger partial charge >= 0.3 is 5.97 Å². The number of rotatable bonds is 5. The molecule has 0 saturated heterocycles. The van der Waals surface area contributed by atoms with Crippen LogP contribution in [0.4, 0.5) is 14.5 Å². The lowest BCUT2D eigenvalue weighted by molar-refractivity contribution is -0.137. The Labute approximate surface area is 98.1 Å². The van der Waals surface area contributed by atoms with Crippen LogP contribution in [0.2, 0.25) is 0 Å². The second kappa shape index (κ2) is 6.62. The fourth-order valence-electron chi connectivity index (χ4n) is 1.15. The lowest BCUT2D eigenvalue weighted by atomic mass is 10.3. The fourth-order valence-corrected chi connectivity index (χ4v) is 1.15. The van der Waals surface area contributed by atoms with Crippen molar-refractivity contribution in [1.29, 1.82) is 0 Å². The Morgan fingerprint density at radius 1 is 1.47 bits per heavy atom. The maximum absolute atomic E-state index is 13.1. The van der Waals surface area contributed by atoms with Crippen molar-refractivity contribution in [2.24, 2.45) is 0 Å². The highest BCUT2D eigenvalue weighted by Gasteiger charge is 2.01. The van der Waals surface area contributed by atoms with Crippen molar-refractivity contribution in [1.82, 2.24) is 0 Å². The maximum atomic E-state index is 13.1. The largest absolute Gasteiger partial charge is 0.463 e. The Balaban J connectivity index is 2.43. The number of benzene rings is 1. The third-order valence-electron chi connectivity index (χ3n) is 1.88. The van der Waals surface area contributed by atoms with Gasteiger partial charge in [0.05, 0.1) is 12.3 Å². The molecule has 0 spiro atoms. The van der Waals surface area contributed by atoms with Crippen molar-refractivity contribution in [3.8, 4) is 0 Å². The summed E-state index contributed by atoms with van der Waals surface area (Å²) in [6.07, 6.45) is 2.75. The van der Waals surface area contributed by atoms with E-state index in [0.717, 1.165) is 12.1 Å². The van der Waals surface area contributed by atoms with Crippen LogP contribution in [0.15, 0.2) is 30.4 Å². The topological polar surface area (TPSA) is 38.3 Å². The van der Waals surface area contributed by atoms with Crippen LogP contribution in [0.5, 0.6) is 0 Å². The van der Waals surface area contributed by atoms with E-state index in [1.807, 2.05) is 0 Å². The summed E-state index contributed by atoms with van der Waals surface area (Å²) in [5.74, 6) is -1.75. The number of hydrogen-bond acceptors (Lipinski definition) is 3. The summed E-state index contributed by atoms with van der Waals surface area (Å²) in [7, 11) is 0. The molecule has 0 aliphatic heterocycles. The molecule has 0 aliphatic carbocycles. The second-order valence-corrected chi connectivity index (χ2v) is 3.16. The van der Waals surface area contributed by atoms with Gasteiger partial charge in [-0.05, 0) is 19.1 Å². The number of esters is 1. The number of anilines is 1. The van der Waals surface area contributed by atoms with Gasteiger partial charge in [0.15, 0.2) is 0 Å². The number of halogens is 2. The minimum atomic E-state index is -0.672.